The fourth-order valence-corrected chi connectivity index (χ4v) is 4.82. The molecule has 0 amide bonds. The van der Waals surface area contributed by atoms with Gasteiger partial charge in [0.1, 0.15) is 17.1 Å². The number of hydrogen-bond acceptors (Lipinski definition) is 6. The molecular weight excluding hydrogens is 440 g/mol. The molecule has 4 aromatic rings. The second-order valence-corrected chi connectivity index (χ2v) is 8.75. The number of likely N-dealkylation sites (tertiary alicyclic amines) is 1. The molecule has 0 aliphatic carbocycles. The first-order valence-corrected chi connectivity index (χ1v) is 11.3. The first-order chi connectivity index (χ1) is 16.4. The standard InChI is InChI=1S/C24H27F2N7O/c1-15-16-6-4-5-7-18(16)29-21(28-15)14-33-10-8-24(34-3,9-11-33)20-12-19(30-31-20)17-13-27-32(2)22(17)23(25)26/h4-7,12-13,23H,8-11,14H2,1-3H3,(H,30,31). The lowest BCUT2D eigenvalue weighted by molar-refractivity contribution is -0.0671. The molecule has 0 atom stereocenters. The van der Waals surface area contributed by atoms with E-state index < -0.39 is 12.0 Å². The van der Waals surface area contributed by atoms with Crippen LogP contribution in [0, 0.1) is 6.92 Å². The second kappa shape index (κ2) is 8.84. The van der Waals surface area contributed by atoms with Gasteiger partial charge in [-0.3, -0.25) is 14.7 Å². The summed E-state index contributed by atoms with van der Waals surface area (Å²) in [7, 11) is 3.19. The summed E-state index contributed by atoms with van der Waals surface area (Å²) < 4.78 is 34.2. The van der Waals surface area contributed by atoms with Gasteiger partial charge >= 0.3 is 0 Å². The van der Waals surface area contributed by atoms with Crippen LogP contribution >= 0.6 is 0 Å². The highest BCUT2D eigenvalue weighted by Gasteiger charge is 2.38. The number of ether oxygens (including phenoxy) is 1. The number of aryl methyl sites for hydroxylation is 2. The summed E-state index contributed by atoms with van der Waals surface area (Å²) in [5.41, 5.74) is 2.78. The van der Waals surface area contributed by atoms with Gasteiger partial charge in [-0.15, -0.1) is 0 Å². The highest BCUT2D eigenvalue weighted by molar-refractivity contribution is 5.80. The fraction of sp³-hybridized carbons (Fsp3) is 0.417. The van der Waals surface area contributed by atoms with E-state index in [2.05, 4.69) is 20.2 Å². The van der Waals surface area contributed by atoms with E-state index in [4.69, 9.17) is 14.7 Å². The van der Waals surface area contributed by atoms with Crippen LogP contribution in [0.1, 0.15) is 42.2 Å². The molecule has 34 heavy (non-hydrogen) atoms. The van der Waals surface area contributed by atoms with Crippen LogP contribution in [0.25, 0.3) is 22.2 Å². The molecule has 0 saturated carbocycles. The molecule has 8 nitrogen and oxygen atoms in total. The Morgan fingerprint density at radius 1 is 1.18 bits per heavy atom. The van der Waals surface area contributed by atoms with Gasteiger partial charge in [0.2, 0.25) is 0 Å². The zero-order valence-electron chi connectivity index (χ0n) is 19.4. The van der Waals surface area contributed by atoms with E-state index in [0.29, 0.717) is 17.8 Å². The third-order valence-corrected chi connectivity index (χ3v) is 6.80. The normalized spacial score (nSPS) is 16.5. The van der Waals surface area contributed by atoms with Crippen molar-refractivity contribution in [3.63, 3.8) is 0 Å². The molecule has 0 unspecified atom stereocenters. The van der Waals surface area contributed by atoms with Crippen molar-refractivity contribution in [2.45, 2.75) is 38.3 Å². The molecule has 0 spiro atoms. The number of alkyl halides is 2. The van der Waals surface area contributed by atoms with E-state index in [1.807, 2.05) is 31.2 Å². The van der Waals surface area contributed by atoms with Crippen molar-refractivity contribution in [1.82, 2.24) is 34.8 Å². The number of fused-ring (bicyclic) bond motifs is 1. The van der Waals surface area contributed by atoms with E-state index in [9.17, 15) is 8.78 Å². The Labute approximate surface area is 196 Å². The number of methoxy groups -OCH3 is 1. The van der Waals surface area contributed by atoms with Gasteiger partial charge in [-0.05, 0) is 31.9 Å². The number of aromatic nitrogens is 6. The number of H-pyrrole nitrogens is 1. The maximum atomic E-state index is 13.5. The number of rotatable bonds is 6. The Bertz CT molecular complexity index is 1310. The van der Waals surface area contributed by atoms with Crippen LogP contribution in [0.3, 0.4) is 0 Å². The summed E-state index contributed by atoms with van der Waals surface area (Å²) >= 11 is 0. The minimum atomic E-state index is -2.64. The summed E-state index contributed by atoms with van der Waals surface area (Å²) in [4.78, 5) is 11.8. The molecule has 3 aromatic heterocycles. The maximum Gasteiger partial charge on any atom is 0.280 e. The molecule has 10 heteroatoms. The minimum Gasteiger partial charge on any atom is -0.372 e. The van der Waals surface area contributed by atoms with Crippen LogP contribution in [0.4, 0.5) is 8.78 Å². The number of halogens is 2. The Morgan fingerprint density at radius 2 is 1.94 bits per heavy atom. The van der Waals surface area contributed by atoms with E-state index in [1.165, 1.54) is 17.9 Å². The minimum absolute atomic E-state index is 0.148. The summed E-state index contributed by atoms with van der Waals surface area (Å²) in [5, 5.41) is 12.4. The Hall–Kier alpha value is -3.24. The predicted octanol–water partition coefficient (Wildman–Crippen LogP) is 4.14. The van der Waals surface area contributed by atoms with Gasteiger partial charge in [0.05, 0.1) is 29.6 Å². The zero-order valence-corrected chi connectivity index (χ0v) is 19.4. The largest absolute Gasteiger partial charge is 0.372 e. The molecule has 5 rings (SSSR count). The molecule has 178 valence electrons. The number of nitrogens with one attached hydrogen (secondary N) is 1. The third kappa shape index (κ3) is 3.97. The third-order valence-electron chi connectivity index (χ3n) is 6.80. The number of aromatic amines is 1. The topological polar surface area (TPSA) is 84.8 Å². The molecule has 1 aliphatic rings. The maximum absolute atomic E-state index is 13.5. The lowest BCUT2D eigenvalue weighted by atomic mass is 9.87. The highest BCUT2D eigenvalue weighted by Crippen LogP contribution is 2.38. The summed E-state index contributed by atoms with van der Waals surface area (Å²) in [6.45, 7) is 4.24. The van der Waals surface area contributed by atoms with Crippen LogP contribution < -0.4 is 0 Å². The lowest BCUT2D eigenvalue weighted by Crippen LogP contribution is -2.43. The summed E-state index contributed by atoms with van der Waals surface area (Å²) in [5.74, 6) is 0.807. The molecule has 0 bridgehead atoms. The first kappa shape index (κ1) is 22.5. The van der Waals surface area contributed by atoms with Gasteiger partial charge in [0, 0.05) is 43.9 Å². The van der Waals surface area contributed by atoms with Gasteiger partial charge in [-0.2, -0.15) is 10.2 Å². The van der Waals surface area contributed by atoms with E-state index in [-0.39, 0.29) is 5.69 Å². The van der Waals surface area contributed by atoms with Crippen molar-refractivity contribution < 1.29 is 13.5 Å². The molecule has 1 saturated heterocycles. The van der Waals surface area contributed by atoms with Gasteiger partial charge in [0.15, 0.2) is 0 Å². The molecule has 1 aliphatic heterocycles. The monoisotopic (exact) mass is 467 g/mol. The number of nitrogens with zero attached hydrogens (tertiary/aromatic N) is 6. The van der Waals surface area contributed by atoms with Crippen LogP contribution in [0.2, 0.25) is 0 Å². The second-order valence-electron chi connectivity index (χ2n) is 8.75. The Balaban J connectivity index is 1.32. The van der Waals surface area contributed by atoms with Gasteiger partial charge in [-0.25, -0.2) is 18.7 Å². The summed E-state index contributed by atoms with van der Waals surface area (Å²) in [6, 6.07) is 9.84. The van der Waals surface area contributed by atoms with E-state index >= 15 is 0 Å². The van der Waals surface area contributed by atoms with Crippen LogP contribution in [0.15, 0.2) is 36.5 Å². The molecule has 1 aromatic carbocycles. The quantitative estimate of drug-likeness (QED) is 0.459. The summed E-state index contributed by atoms with van der Waals surface area (Å²) in [6.07, 6.45) is 0.247. The van der Waals surface area contributed by atoms with Crippen LogP contribution in [0.5, 0.6) is 0 Å². The smallest absolute Gasteiger partial charge is 0.280 e. The molecule has 1 N–H and O–H groups in total. The SMILES string of the molecule is COC1(c2cc(-c3cnn(C)c3C(F)F)n[nH]2)CCN(Cc2nc(C)c3ccccc3n2)CC1. The fourth-order valence-electron chi connectivity index (χ4n) is 4.82. The van der Waals surface area contributed by atoms with Crippen LogP contribution in [-0.4, -0.2) is 55.0 Å². The van der Waals surface area contributed by atoms with Crippen molar-refractivity contribution >= 4 is 10.9 Å². The zero-order chi connectivity index (χ0) is 23.9. The number of hydrogen-bond donors (Lipinski definition) is 1. The Kier molecular flexibility index (Phi) is 5.86. The van der Waals surface area contributed by atoms with Crippen molar-refractivity contribution in [3.8, 4) is 11.3 Å². The van der Waals surface area contributed by atoms with E-state index in [1.54, 1.807) is 13.2 Å². The van der Waals surface area contributed by atoms with Gasteiger partial charge in [0.25, 0.3) is 6.43 Å². The Morgan fingerprint density at radius 3 is 2.68 bits per heavy atom. The average Bonchev–Trinajstić information content (AvgIpc) is 3.47. The first-order valence-electron chi connectivity index (χ1n) is 11.3. The highest BCUT2D eigenvalue weighted by atomic mass is 19.3. The van der Waals surface area contributed by atoms with Gasteiger partial charge in [-0.1, -0.05) is 18.2 Å². The predicted molar refractivity (Wildman–Crippen MR) is 123 cm³/mol. The van der Waals surface area contributed by atoms with Crippen molar-refractivity contribution in [2.75, 3.05) is 20.2 Å². The number of piperidine rings is 1. The molecule has 1 fully saturated rings. The molecule has 4 heterocycles. The van der Waals surface area contributed by atoms with Crippen LogP contribution in [-0.2, 0) is 23.9 Å². The van der Waals surface area contributed by atoms with E-state index in [0.717, 1.165) is 54.0 Å². The number of benzene rings is 1. The van der Waals surface area contributed by atoms with Crippen molar-refractivity contribution in [2.24, 2.45) is 7.05 Å². The lowest BCUT2D eigenvalue weighted by Gasteiger charge is -2.39. The molecular formula is C24H27F2N7O. The van der Waals surface area contributed by atoms with Gasteiger partial charge < -0.3 is 4.74 Å². The number of para-hydroxylation sites is 1. The van der Waals surface area contributed by atoms with Crippen molar-refractivity contribution in [3.05, 3.63) is 59.4 Å². The molecule has 0 radical (unpaired) electrons. The van der Waals surface area contributed by atoms with Crippen molar-refractivity contribution in [1.29, 1.82) is 0 Å². The average molecular weight is 468 g/mol.